The lowest BCUT2D eigenvalue weighted by molar-refractivity contribution is -0.141. The van der Waals surface area contributed by atoms with E-state index in [1.807, 2.05) is 0 Å². The summed E-state index contributed by atoms with van der Waals surface area (Å²) in [6, 6.07) is 3.08. The molecule has 0 unspecified atom stereocenters. The summed E-state index contributed by atoms with van der Waals surface area (Å²) in [6.45, 7) is 1.36. The number of rotatable bonds is 6. The van der Waals surface area contributed by atoms with Crippen LogP contribution in [0, 0.1) is 6.92 Å². The molecule has 1 atom stereocenters. The number of nitrogens with one attached hydrogen (secondary N) is 1. The summed E-state index contributed by atoms with van der Waals surface area (Å²) in [7, 11) is 1.39. The number of aliphatic carboxylic acids is 1. The Morgan fingerprint density at radius 1 is 1.41 bits per heavy atom. The van der Waals surface area contributed by atoms with E-state index in [0.29, 0.717) is 22.6 Å². The van der Waals surface area contributed by atoms with Crippen LogP contribution in [0.1, 0.15) is 25.9 Å². The zero-order chi connectivity index (χ0) is 20.4. The Hall–Kier alpha value is -2.66. The molecule has 7 nitrogen and oxygen atoms in total. The number of halogens is 3. The van der Waals surface area contributed by atoms with Crippen LogP contribution in [-0.4, -0.2) is 35.1 Å². The van der Waals surface area contributed by atoms with Gasteiger partial charge >= 0.3 is 12.1 Å². The number of nitrogens with two attached hydrogens (primary N) is 1. The predicted octanol–water partition coefficient (Wildman–Crippen LogP) is 2.69. The molecule has 0 fully saturated rings. The molecule has 4 N–H and O–H groups in total. The van der Waals surface area contributed by atoms with Crippen LogP contribution < -0.4 is 15.8 Å². The summed E-state index contributed by atoms with van der Waals surface area (Å²) in [5.74, 6) is -1.87. The molecule has 146 valence electrons. The summed E-state index contributed by atoms with van der Waals surface area (Å²) in [5, 5.41) is 11.4. The molecule has 0 spiro atoms. The van der Waals surface area contributed by atoms with Gasteiger partial charge in [0, 0.05) is 12.1 Å². The van der Waals surface area contributed by atoms with Crippen LogP contribution in [0.25, 0.3) is 0 Å². The monoisotopic (exact) mass is 403 g/mol. The van der Waals surface area contributed by atoms with Crippen LogP contribution in [0.5, 0.6) is 5.75 Å². The second-order valence-electron chi connectivity index (χ2n) is 5.53. The van der Waals surface area contributed by atoms with Gasteiger partial charge in [0.2, 0.25) is 0 Å². The quantitative estimate of drug-likeness (QED) is 0.683. The maximum atomic E-state index is 13.1. The number of ether oxygens (including phenoxy) is 1. The molecule has 0 saturated carbocycles. The van der Waals surface area contributed by atoms with Crippen molar-refractivity contribution in [2.75, 3.05) is 12.4 Å². The van der Waals surface area contributed by atoms with Gasteiger partial charge in [-0.1, -0.05) is 0 Å². The highest BCUT2D eigenvalue weighted by molar-refractivity contribution is 7.13. The maximum absolute atomic E-state index is 13.1. The lowest BCUT2D eigenvalue weighted by atomic mass is 10.0. The van der Waals surface area contributed by atoms with Gasteiger partial charge in [-0.15, -0.1) is 11.3 Å². The molecule has 0 radical (unpaired) electrons. The Bertz CT molecular complexity index is 867. The Labute approximate surface area is 156 Å². The molecule has 0 bridgehead atoms. The fraction of sp³-hybridized carbons (Fsp3) is 0.312. The molecule has 11 heteroatoms. The molecule has 1 amide bonds. The first-order chi connectivity index (χ1) is 12.5. The van der Waals surface area contributed by atoms with Crippen molar-refractivity contribution in [2.45, 2.75) is 25.6 Å². The van der Waals surface area contributed by atoms with Crippen molar-refractivity contribution in [2.24, 2.45) is 5.73 Å². The molecule has 2 aromatic rings. The third kappa shape index (κ3) is 4.95. The summed E-state index contributed by atoms with van der Waals surface area (Å²) in [4.78, 5) is 26.2. The van der Waals surface area contributed by atoms with Gasteiger partial charge in [-0.25, -0.2) is 4.98 Å². The van der Waals surface area contributed by atoms with Crippen LogP contribution in [0.2, 0.25) is 0 Å². The van der Waals surface area contributed by atoms with Crippen LogP contribution in [-0.2, 0) is 17.4 Å². The largest absolute Gasteiger partial charge is 0.497 e. The molecule has 2 rings (SSSR count). The van der Waals surface area contributed by atoms with Crippen molar-refractivity contribution < 1.29 is 32.6 Å². The zero-order valence-electron chi connectivity index (χ0n) is 14.3. The number of carbonyl (C=O) groups is 2. The number of carboxylic acids is 1. The van der Waals surface area contributed by atoms with Crippen molar-refractivity contribution in [1.82, 2.24) is 4.98 Å². The molecule has 1 aromatic carbocycles. The van der Waals surface area contributed by atoms with Crippen LogP contribution in [0.4, 0.5) is 18.9 Å². The molecule has 27 heavy (non-hydrogen) atoms. The number of anilines is 1. The molecule has 0 aliphatic carbocycles. The number of amides is 1. The number of aryl methyl sites for hydroxylation is 1. The summed E-state index contributed by atoms with van der Waals surface area (Å²) in [6.07, 6.45) is -4.93. The molecule has 0 aliphatic rings. The number of benzene rings is 1. The third-order valence-electron chi connectivity index (χ3n) is 3.53. The highest BCUT2D eigenvalue weighted by Gasteiger charge is 2.39. The molecule has 0 saturated heterocycles. The smallest absolute Gasteiger partial charge is 0.435 e. The Morgan fingerprint density at radius 2 is 2.07 bits per heavy atom. The Kier molecular flexibility index (Phi) is 6.06. The molecular weight excluding hydrogens is 387 g/mol. The van der Waals surface area contributed by atoms with Gasteiger partial charge in [0.25, 0.3) is 5.91 Å². The number of alkyl halides is 3. The maximum Gasteiger partial charge on any atom is 0.435 e. The second kappa shape index (κ2) is 7.92. The van der Waals surface area contributed by atoms with E-state index < -0.39 is 34.7 Å². The van der Waals surface area contributed by atoms with E-state index >= 15 is 0 Å². The lowest BCUT2D eigenvalue weighted by Crippen LogP contribution is -2.32. The van der Waals surface area contributed by atoms with Gasteiger partial charge in [-0.3, -0.25) is 9.59 Å². The van der Waals surface area contributed by atoms with Crippen LogP contribution in [0.15, 0.2) is 18.2 Å². The van der Waals surface area contributed by atoms with Gasteiger partial charge in [-0.2, -0.15) is 13.2 Å². The van der Waals surface area contributed by atoms with E-state index in [4.69, 9.17) is 15.6 Å². The van der Waals surface area contributed by atoms with E-state index in [1.165, 1.54) is 32.2 Å². The average Bonchev–Trinajstić information content (AvgIpc) is 2.98. The molecule has 1 aromatic heterocycles. The second-order valence-corrected chi connectivity index (χ2v) is 6.74. The first kappa shape index (κ1) is 20.6. The van der Waals surface area contributed by atoms with Gasteiger partial charge in [0.05, 0.1) is 12.1 Å². The minimum absolute atomic E-state index is 0.0929. The molecule has 0 aliphatic heterocycles. The Morgan fingerprint density at radius 3 is 2.63 bits per heavy atom. The van der Waals surface area contributed by atoms with Crippen molar-refractivity contribution in [1.29, 1.82) is 0 Å². The average molecular weight is 403 g/mol. The zero-order valence-corrected chi connectivity index (χ0v) is 15.1. The van der Waals surface area contributed by atoms with E-state index in [2.05, 4.69) is 10.3 Å². The van der Waals surface area contributed by atoms with Gasteiger partial charge < -0.3 is 20.9 Å². The van der Waals surface area contributed by atoms with Crippen LogP contribution in [0.3, 0.4) is 0 Å². The SMILES string of the molecule is COc1ccc(NC(=O)c2sc(C)nc2C(F)(F)F)c(C[C@H](N)C(=O)O)c1. The summed E-state index contributed by atoms with van der Waals surface area (Å²) >= 11 is 0.614. The van der Waals surface area contributed by atoms with E-state index in [0.717, 1.165) is 0 Å². The highest BCUT2D eigenvalue weighted by atomic mass is 32.1. The number of methoxy groups -OCH3 is 1. The predicted molar refractivity (Wildman–Crippen MR) is 92.1 cm³/mol. The summed E-state index contributed by atoms with van der Waals surface area (Å²) < 4.78 is 44.2. The number of carbonyl (C=O) groups excluding carboxylic acids is 1. The topological polar surface area (TPSA) is 115 Å². The number of hydrogen-bond acceptors (Lipinski definition) is 6. The molecular formula is C16H16F3N3O4S. The van der Waals surface area contributed by atoms with Crippen molar-refractivity contribution in [3.63, 3.8) is 0 Å². The first-order valence-electron chi connectivity index (χ1n) is 7.54. The fourth-order valence-corrected chi connectivity index (χ4v) is 3.10. The summed E-state index contributed by atoms with van der Waals surface area (Å²) in [5.41, 5.74) is 4.71. The van der Waals surface area contributed by atoms with Gasteiger partial charge in [-0.05, 0) is 30.7 Å². The minimum Gasteiger partial charge on any atom is -0.497 e. The lowest BCUT2D eigenvalue weighted by Gasteiger charge is -2.15. The van der Waals surface area contributed by atoms with E-state index in [-0.39, 0.29) is 17.1 Å². The van der Waals surface area contributed by atoms with Crippen molar-refractivity contribution in [3.8, 4) is 5.75 Å². The minimum atomic E-state index is -4.77. The first-order valence-corrected chi connectivity index (χ1v) is 8.35. The highest BCUT2D eigenvalue weighted by Crippen LogP contribution is 2.35. The van der Waals surface area contributed by atoms with Gasteiger partial charge in [0.1, 0.15) is 16.7 Å². The third-order valence-corrected chi connectivity index (χ3v) is 4.50. The van der Waals surface area contributed by atoms with Crippen LogP contribution >= 0.6 is 11.3 Å². The standard InChI is InChI=1S/C16H16F3N3O4S/c1-7-21-13(16(17,18)19)12(27-7)14(23)22-11-4-3-9(26-2)5-8(11)6-10(20)15(24)25/h3-5,10H,6,20H2,1-2H3,(H,22,23)(H,24,25)/t10-/m0/s1. The van der Waals surface area contributed by atoms with Gasteiger partial charge in [0.15, 0.2) is 5.69 Å². The molecule has 1 heterocycles. The number of nitrogens with zero attached hydrogens (tertiary/aromatic N) is 1. The number of aromatic nitrogens is 1. The number of carboxylic acid groups (broad SMARTS) is 1. The van der Waals surface area contributed by atoms with Crippen molar-refractivity contribution in [3.05, 3.63) is 39.3 Å². The normalized spacial score (nSPS) is 12.5. The van der Waals surface area contributed by atoms with Crippen molar-refractivity contribution >= 4 is 28.9 Å². The number of hydrogen-bond donors (Lipinski definition) is 3. The fourth-order valence-electron chi connectivity index (χ4n) is 2.26. The Balaban J connectivity index is 2.37. The van der Waals surface area contributed by atoms with E-state index in [1.54, 1.807) is 0 Å². The number of thiazole rings is 1. The van der Waals surface area contributed by atoms with E-state index in [9.17, 15) is 22.8 Å².